The lowest BCUT2D eigenvalue weighted by molar-refractivity contribution is -0.139. The molecular formula is C8H14FNO3. The van der Waals surface area contributed by atoms with E-state index in [9.17, 15) is 9.18 Å². The quantitative estimate of drug-likeness (QED) is 0.497. The van der Waals surface area contributed by atoms with E-state index in [0.29, 0.717) is 19.3 Å². The number of carbonyl (C=O) groups is 1. The Balaban J connectivity index is 2.54. The second-order valence-electron chi connectivity index (χ2n) is 3.27. The van der Waals surface area contributed by atoms with Crippen molar-refractivity contribution in [2.75, 3.05) is 7.11 Å². The number of amides is 1. The summed E-state index contributed by atoms with van der Waals surface area (Å²) in [5.74, 6) is -1.43. The van der Waals surface area contributed by atoms with Crippen molar-refractivity contribution in [2.24, 2.45) is 5.92 Å². The number of methoxy groups -OCH3 is 1. The van der Waals surface area contributed by atoms with E-state index in [2.05, 4.69) is 0 Å². The second-order valence-corrected chi connectivity index (χ2v) is 3.27. The van der Waals surface area contributed by atoms with Crippen molar-refractivity contribution in [3.05, 3.63) is 0 Å². The highest BCUT2D eigenvalue weighted by atomic mass is 19.1. The lowest BCUT2D eigenvalue weighted by Gasteiger charge is -2.29. The molecule has 1 aliphatic rings. The number of hydrogen-bond donors (Lipinski definition) is 2. The summed E-state index contributed by atoms with van der Waals surface area (Å²) >= 11 is 0. The number of rotatable bonds is 2. The van der Waals surface area contributed by atoms with Gasteiger partial charge in [-0.3, -0.25) is 10.0 Å². The molecule has 1 saturated carbocycles. The predicted octanol–water partition coefficient (Wildman–Crippen LogP) is 0.645. The van der Waals surface area contributed by atoms with E-state index < -0.39 is 18.0 Å². The van der Waals surface area contributed by atoms with Gasteiger partial charge in [0.05, 0.1) is 12.0 Å². The third-order valence-electron chi connectivity index (χ3n) is 2.50. The fraction of sp³-hybridized carbons (Fsp3) is 0.875. The van der Waals surface area contributed by atoms with Crippen molar-refractivity contribution < 1.29 is 19.1 Å². The minimum Gasteiger partial charge on any atom is -0.381 e. The van der Waals surface area contributed by atoms with E-state index in [1.807, 2.05) is 0 Å². The van der Waals surface area contributed by atoms with Crippen molar-refractivity contribution in [2.45, 2.75) is 31.5 Å². The van der Waals surface area contributed by atoms with Crippen LogP contribution in [0.4, 0.5) is 4.39 Å². The molecule has 0 aromatic rings. The van der Waals surface area contributed by atoms with E-state index in [0.717, 1.165) is 0 Å². The topological polar surface area (TPSA) is 58.6 Å². The minimum atomic E-state index is -1.17. The summed E-state index contributed by atoms with van der Waals surface area (Å²) in [6, 6.07) is 0. The van der Waals surface area contributed by atoms with Crippen LogP contribution in [0, 0.1) is 5.92 Å². The number of hydroxylamine groups is 1. The zero-order chi connectivity index (χ0) is 9.84. The Bertz CT molecular complexity index is 188. The molecule has 5 heteroatoms. The SMILES string of the molecule is COC1CC[C@H](F)C(C(=O)NO)C1. The van der Waals surface area contributed by atoms with Gasteiger partial charge in [0.2, 0.25) is 5.91 Å². The molecule has 0 spiro atoms. The molecule has 0 radical (unpaired) electrons. The van der Waals surface area contributed by atoms with E-state index in [1.54, 1.807) is 0 Å². The van der Waals surface area contributed by atoms with Crippen LogP contribution in [0.1, 0.15) is 19.3 Å². The van der Waals surface area contributed by atoms with Crippen molar-refractivity contribution in [3.63, 3.8) is 0 Å². The molecule has 2 N–H and O–H groups in total. The first-order chi connectivity index (χ1) is 6.19. The first-order valence-corrected chi connectivity index (χ1v) is 4.29. The molecule has 3 atom stereocenters. The molecule has 4 nitrogen and oxygen atoms in total. The monoisotopic (exact) mass is 191 g/mol. The minimum absolute atomic E-state index is 0.0747. The molecule has 0 aliphatic heterocycles. The van der Waals surface area contributed by atoms with E-state index >= 15 is 0 Å². The number of carbonyl (C=O) groups excluding carboxylic acids is 1. The number of halogens is 1. The molecule has 1 amide bonds. The van der Waals surface area contributed by atoms with Crippen LogP contribution in [0.3, 0.4) is 0 Å². The molecule has 0 aromatic heterocycles. The van der Waals surface area contributed by atoms with Crippen LogP contribution in [0.5, 0.6) is 0 Å². The molecule has 0 heterocycles. The summed E-state index contributed by atoms with van der Waals surface area (Å²) in [5.41, 5.74) is 1.48. The molecule has 76 valence electrons. The molecule has 2 unspecified atom stereocenters. The van der Waals surface area contributed by atoms with Gasteiger partial charge in [-0.05, 0) is 19.3 Å². The van der Waals surface area contributed by atoms with Crippen LogP contribution < -0.4 is 5.48 Å². The van der Waals surface area contributed by atoms with Gasteiger partial charge in [-0.15, -0.1) is 0 Å². The normalized spacial score (nSPS) is 34.2. The lowest BCUT2D eigenvalue weighted by atomic mass is 9.85. The molecule has 1 rings (SSSR count). The van der Waals surface area contributed by atoms with Gasteiger partial charge in [0.25, 0.3) is 0 Å². The van der Waals surface area contributed by atoms with Gasteiger partial charge in [-0.2, -0.15) is 0 Å². The van der Waals surface area contributed by atoms with Gasteiger partial charge in [-0.25, -0.2) is 9.87 Å². The fourth-order valence-corrected chi connectivity index (χ4v) is 1.66. The Labute approximate surface area is 76.0 Å². The van der Waals surface area contributed by atoms with Crippen LogP contribution >= 0.6 is 0 Å². The predicted molar refractivity (Wildman–Crippen MR) is 43.0 cm³/mol. The molecular weight excluding hydrogens is 177 g/mol. The Morgan fingerprint density at radius 3 is 2.85 bits per heavy atom. The highest BCUT2D eigenvalue weighted by molar-refractivity contribution is 5.78. The summed E-state index contributed by atoms with van der Waals surface area (Å²) in [7, 11) is 1.54. The van der Waals surface area contributed by atoms with E-state index in [-0.39, 0.29) is 6.10 Å². The molecule has 0 saturated heterocycles. The zero-order valence-electron chi connectivity index (χ0n) is 7.50. The lowest BCUT2D eigenvalue weighted by Crippen LogP contribution is -2.40. The van der Waals surface area contributed by atoms with Gasteiger partial charge in [0.1, 0.15) is 6.17 Å². The highest BCUT2D eigenvalue weighted by Crippen LogP contribution is 2.28. The smallest absolute Gasteiger partial charge is 0.249 e. The average molecular weight is 191 g/mol. The van der Waals surface area contributed by atoms with Gasteiger partial charge in [-0.1, -0.05) is 0 Å². The van der Waals surface area contributed by atoms with Crippen LogP contribution in [-0.2, 0) is 9.53 Å². The van der Waals surface area contributed by atoms with Crippen molar-refractivity contribution in [1.82, 2.24) is 5.48 Å². The zero-order valence-corrected chi connectivity index (χ0v) is 7.50. The van der Waals surface area contributed by atoms with Crippen LogP contribution in [0.15, 0.2) is 0 Å². The Morgan fingerprint density at radius 2 is 2.31 bits per heavy atom. The van der Waals surface area contributed by atoms with Gasteiger partial charge < -0.3 is 4.74 Å². The summed E-state index contributed by atoms with van der Waals surface area (Å²) in [4.78, 5) is 11.0. The van der Waals surface area contributed by atoms with Gasteiger partial charge >= 0.3 is 0 Å². The van der Waals surface area contributed by atoms with E-state index in [4.69, 9.17) is 9.94 Å². The van der Waals surface area contributed by atoms with Crippen LogP contribution in [0.2, 0.25) is 0 Å². The van der Waals surface area contributed by atoms with Crippen molar-refractivity contribution in [3.8, 4) is 0 Å². The van der Waals surface area contributed by atoms with Crippen molar-refractivity contribution >= 4 is 5.91 Å². The fourth-order valence-electron chi connectivity index (χ4n) is 1.66. The summed E-state index contributed by atoms with van der Waals surface area (Å²) < 4.78 is 18.2. The maximum Gasteiger partial charge on any atom is 0.249 e. The molecule has 1 fully saturated rings. The molecule has 1 aliphatic carbocycles. The maximum atomic E-state index is 13.2. The van der Waals surface area contributed by atoms with Gasteiger partial charge in [0, 0.05) is 7.11 Å². The number of hydrogen-bond acceptors (Lipinski definition) is 3. The summed E-state index contributed by atoms with van der Waals surface area (Å²) in [6.07, 6.45) is 0.0425. The summed E-state index contributed by atoms with van der Waals surface area (Å²) in [6.45, 7) is 0. The first-order valence-electron chi connectivity index (χ1n) is 4.29. The second kappa shape index (κ2) is 4.53. The third-order valence-corrected chi connectivity index (χ3v) is 2.50. The molecule has 0 aromatic carbocycles. The summed E-state index contributed by atoms with van der Waals surface area (Å²) in [5, 5.41) is 8.36. The number of alkyl halides is 1. The average Bonchev–Trinajstić information content (AvgIpc) is 2.17. The first kappa shape index (κ1) is 10.4. The van der Waals surface area contributed by atoms with Crippen molar-refractivity contribution in [1.29, 1.82) is 0 Å². The Morgan fingerprint density at radius 1 is 1.62 bits per heavy atom. The molecule has 0 bridgehead atoms. The number of ether oxygens (including phenoxy) is 1. The Kier molecular flexibility index (Phi) is 3.62. The van der Waals surface area contributed by atoms with Crippen LogP contribution in [0.25, 0.3) is 0 Å². The molecule has 13 heavy (non-hydrogen) atoms. The largest absolute Gasteiger partial charge is 0.381 e. The maximum absolute atomic E-state index is 13.2. The number of nitrogens with one attached hydrogen (secondary N) is 1. The van der Waals surface area contributed by atoms with E-state index in [1.165, 1.54) is 12.6 Å². The van der Waals surface area contributed by atoms with Crippen LogP contribution in [-0.4, -0.2) is 30.5 Å². The Hall–Kier alpha value is -0.680. The highest BCUT2D eigenvalue weighted by Gasteiger charge is 2.35. The third kappa shape index (κ3) is 2.38. The standard InChI is InChI=1S/C8H14FNO3/c1-13-5-2-3-7(9)6(4-5)8(11)10-12/h5-7,12H,2-4H2,1H3,(H,10,11)/t5?,6?,7-/m0/s1. The van der Waals surface area contributed by atoms with Gasteiger partial charge in [0.15, 0.2) is 0 Å².